The molecule has 186 valence electrons. The Kier molecular flexibility index (Phi) is 7.08. The van der Waals surface area contributed by atoms with Crippen molar-refractivity contribution in [2.75, 3.05) is 32.4 Å². The first-order valence-corrected chi connectivity index (χ1v) is 13.1. The van der Waals surface area contributed by atoms with E-state index in [2.05, 4.69) is 15.5 Å². The van der Waals surface area contributed by atoms with Crippen LogP contribution in [-0.4, -0.2) is 57.6 Å². The summed E-state index contributed by atoms with van der Waals surface area (Å²) < 4.78 is 46.3. The van der Waals surface area contributed by atoms with Gasteiger partial charge in [-0.3, -0.25) is 4.79 Å². The lowest BCUT2D eigenvalue weighted by molar-refractivity contribution is -0.113. The van der Waals surface area contributed by atoms with E-state index in [4.69, 9.17) is 18.6 Å². The van der Waals surface area contributed by atoms with Crippen LogP contribution >= 0.6 is 11.3 Å². The Bertz CT molecular complexity index is 1380. The van der Waals surface area contributed by atoms with Gasteiger partial charge in [0.1, 0.15) is 22.3 Å². The van der Waals surface area contributed by atoms with E-state index >= 15 is 0 Å². The monoisotopic (exact) mass is 521 g/mol. The van der Waals surface area contributed by atoms with Gasteiger partial charge in [-0.2, -0.15) is 0 Å². The van der Waals surface area contributed by atoms with E-state index in [9.17, 15) is 18.0 Å². The van der Waals surface area contributed by atoms with Crippen molar-refractivity contribution in [3.8, 4) is 23.0 Å². The number of nitrogens with one attached hydrogen (secondary N) is 1. The molecule has 1 amide bonds. The summed E-state index contributed by atoms with van der Waals surface area (Å²) in [7, 11) is -0.104. The molecule has 13 heteroatoms. The fraction of sp³-hybridized carbons (Fsp3) is 0.364. The highest BCUT2D eigenvalue weighted by atomic mass is 32.2. The van der Waals surface area contributed by atoms with Gasteiger partial charge in [0.05, 0.1) is 32.5 Å². The Labute approximate surface area is 205 Å². The molecule has 1 aromatic carbocycles. The van der Waals surface area contributed by atoms with E-state index in [0.29, 0.717) is 23.5 Å². The lowest BCUT2D eigenvalue weighted by Gasteiger charge is -2.11. The van der Waals surface area contributed by atoms with Crippen LogP contribution in [0.1, 0.15) is 33.6 Å². The van der Waals surface area contributed by atoms with Gasteiger partial charge in [0.15, 0.2) is 0 Å². The molecule has 1 N–H and O–H groups in total. The highest BCUT2D eigenvalue weighted by Crippen LogP contribution is 2.38. The van der Waals surface area contributed by atoms with Crippen molar-refractivity contribution in [2.45, 2.75) is 30.9 Å². The topological polar surface area (TPSA) is 147 Å². The summed E-state index contributed by atoms with van der Waals surface area (Å²) in [6, 6.07) is 4.83. The molecule has 0 saturated heterocycles. The minimum atomic E-state index is -4.28. The lowest BCUT2D eigenvalue weighted by Crippen LogP contribution is -2.24. The normalized spacial score (nSPS) is 13.1. The van der Waals surface area contributed by atoms with Crippen LogP contribution in [0.15, 0.2) is 27.8 Å². The summed E-state index contributed by atoms with van der Waals surface area (Å²) in [5.74, 6) is -1.63. The van der Waals surface area contributed by atoms with Gasteiger partial charge in [0.2, 0.25) is 15.7 Å². The zero-order chi connectivity index (χ0) is 25.2. The van der Waals surface area contributed by atoms with Crippen molar-refractivity contribution in [1.29, 1.82) is 0 Å². The fourth-order valence-electron chi connectivity index (χ4n) is 3.79. The molecule has 1 aliphatic carbocycles. The Hall–Kier alpha value is -3.45. The number of carbonyl (C=O) groups is 2. The zero-order valence-corrected chi connectivity index (χ0v) is 20.9. The molecule has 0 radical (unpaired) electrons. The van der Waals surface area contributed by atoms with Crippen molar-refractivity contribution >= 4 is 38.1 Å². The second-order valence-electron chi connectivity index (χ2n) is 7.65. The Morgan fingerprint density at radius 3 is 2.60 bits per heavy atom. The quantitative estimate of drug-likeness (QED) is 0.439. The van der Waals surface area contributed by atoms with E-state index in [1.54, 1.807) is 18.2 Å². The summed E-state index contributed by atoms with van der Waals surface area (Å²) >= 11 is 1.26. The van der Waals surface area contributed by atoms with Gasteiger partial charge in [-0.1, -0.05) is 5.10 Å². The number of methoxy groups -OCH3 is 3. The molecule has 0 aliphatic heterocycles. The van der Waals surface area contributed by atoms with E-state index in [-0.39, 0.29) is 16.5 Å². The van der Waals surface area contributed by atoms with Crippen LogP contribution in [0.25, 0.3) is 11.5 Å². The highest BCUT2D eigenvalue weighted by molar-refractivity contribution is 7.91. The molecule has 0 spiro atoms. The summed E-state index contributed by atoms with van der Waals surface area (Å²) in [6.07, 6.45) is 3.39. The molecule has 2 heterocycles. The molecule has 2 aromatic heterocycles. The number of anilines is 1. The average molecular weight is 522 g/mol. The van der Waals surface area contributed by atoms with Crippen LogP contribution in [0.3, 0.4) is 0 Å². The fourth-order valence-corrected chi connectivity index (χ4v) is 6.00. The van der Waals surface area contributed by atoms with Gasteiger partial charge in [0.25, 0.3) is 5.89 Å². The predicted octanol–water partition coefficient (Wildman–Crippen LogP) is 2.89. The number of amides is 1. The number of benzene rings is 1. The van der Waals surface area contributed by atoms with Crippen molar-refractivity contribution in [1.82, 2.24) is 10.2 Å². The van der Waals surface area contributed by atoms with Crippen molar-refractivity contribution in [2.24, 2.45) is 0 Å². The van der Waals surface area contributed by atoms with Crippen LogP contribution < -0.4 is 14.8 Å². The van der Waals surface area contributed by atoms with Crippen LogP contribution in [0.4, 0.5) is 5.00 Å². The number of carbonyl (C=O) groups excluding carboxylic acids is 2. The van der Waals surface area contributed by atoms with Gasteiger partial charge in [0, 0.05) is 4.88 Å². The number of nitrogens with zero attached hydrogens (tertiary/aromatic N) is 2. The Morgan fingerprint density at radius 2 is 1.89 bits per heavy atom. The van der Waals surface area contributed by atoms with Gasteiger partial charge < -0.3 is 23.9 Å². The van der Waals surface area contributed by atoms with Crippen molar-refractivity contribution in [3.63, 3.8) is 0 Å². The summed E-state index contributed by atoms with van der Waals surface area (Å²) in [4.78, 5) is 26.0. The second kappa shape index (κ2) is 10.0. The van der Waals surface area contributed by atoms with Crippen LogP contribution in [0.5, 0.6) is 11.5 Å². The van der Waals surface area contributed by atoms with Crippen molar-refractivity contribution < 1.29 is 36.6 Å². The third-order valence-corrected chi connectivity index (χ3v) is 7.99. The minimum Gasteiger partial charge on any atom is -0.497 e. The third kappa shape index (κ3) is 5.00. The van der Waals surface area contributed by atoms with E-state index in [1.807, 2.05) is 0 Å². The van der Waals surface area contributed by atoms with E-state index < -0.39 is 32.7 Å². The maximum atomic E-state index is 12.8. The second-order valence-corrected chi connectivity index (χ2v) is 10.6. The smallest absolute Gasteiger partial charge is 0.341 e. The molecule has 35 heavy (non-hydrogen) atoms. The third-order valence-electron chi connectivity index (χ3n) is 5.44. The van der Waals surface area contributed by atoms with E-state index in [0.717, 1.165) is 29.7 Å². The molecule has 0 saturated carbocycles. The number of hydrogen-bond donors (Lipinski definition) is 1. The van der Waals surface area contributed by atoms with Crippen LogP contribution in [0.2, 0.25) is 0 Å². The van der Waals surface area contributed by atoms with Gasteiger partial charge in [-0.05, 0) is 49.4 Å². The average Bonchev–Trinajstić information content (AvgIpc) is 3.48. The van der Waals surface area contributed by atoms with Gasteiger partial charge in [-0.15, -0.1) is 16.4 Å². The first-order valence-electron chi connectivity index (χ1n) is 10.6. The number of aromatic nitrogens is 2. The Balaban J connectivity index is 1.56. The maximum Gasteiger partial charge on any atom is 0.341 e. The van der Waals surface area contributed by atoms with Gasteiger partial charge >= 0.3 is 11.2 Å². The number of fused-ring (bicyclic) bond motifs is 1. The minimum absolute atomic E-state index is 0.112. The number of thiophene rings is 1. The SMILES string of the molecule is COC(=O)c1c(NC(=O)CS(=O)(=O)c2nnc(-c3cc(OC)ccc3OC)o2)sc2c1CCCC2. The number of sulfone groups is 1. The summed E-state index contributed by atoms with van der Waals surface area (Å²) in [6.45, 7) is 0. The number of esters is 1. The molecular formula is C22H23N3O8S2. The molecule has 4 rings (SSSR count). The van der Waals surface area contributed by atoms with Crippen molar-refractivity contribution in [3.05, 3.63) is 34.2 Å². The summed E-state index contributed by atoms with van der Waals surface area (Å²) in [5, 5.41) is 9.52. The lowest BCUT2D eigenvalue weighted by atomic mass is 9.95. The zero-order valence-electron chi connectivity index (χ0n) is 19.2. The number of hydrogen-bond acceptors (Lipinski definition) is 11. The molecule has 3 aromatic rings. The number of aryl methyl sites for hydroxylation is 1. The van der Waals surface area contributed by atoms with Crippen LogP contribution in [-0.2, 0) is 32.2 Å². The molecule has 0 unspecified atom stereocenters. The molecule has 0 atom stereocenters. The van der Waals surface area contributed by atoms with Gasteiger partial charge in [-0.25, -0.2) is 13.2 Å². The maximum absolute atomic E-state index is 12.8. The first-order chi connectivity index (χ1) is 16.8. The van der Waals surface area contributed by atoms with E-state index in [1.165, 1.54) is 32.7 Å². The predicted molar refractivity (Wildman–Crippen MR) is 126 cm³/mol. The molecule has 1 aliphatic rings. The number of ether oxygens (including phenoxy) is 3. The molecule has 11 nitrogen and oxygen atoms in total. The largest absolute Gasteiger partial charge is 0.497 e. The molecular weight excluding hydrogens is 498 g/mol. The molecule has 0 bridgehead atoms. The standard InChI is InChI=1S/C22H23N3O8S2/c1-30-12-8-9-15(31-2)14(10-12)19-24-25-22(33-19)35(28,29)11-17(26)23-20-18(21(27)32-3)13-6-4-5-7-16(13)34-20/h8-10H,4-7,11H2,1-3H3,(H,23,26). The highest BCUT2D eigenvalue weighted by Gasteiger charge is 2.30. The number of rotatable bonds is 8. The van der Waals surface area contributed by atoms with Crippen LogP contribution in [0, 0.1) is 0 Å². The summed E-state index contributed by atoms with van der Waals surface area (Å²) in [5.41, 5.74) is 1.46. The Morgan fingerprint density at radius 1 is 1.11 bits per heavy atom. The molecule has 0 fully saturated rings. The first kappa shape index (κ1) is 24.7.